The third-order valence-corrected chi connectivity index (χ3v) is 5.97. The van der Waals surface area contributed by atoms with Crippen molar-refractivity contribution in [3.63, 3.8) is 0 Å². The molecule has 1 aliphatic rings. The Hall–Kier alpha value is -3.93. The molecule has 1 aliphatic heterocycles. The number of anilines is 5. The molecule has 4 aromatic rings. The predicted molar refractivity (Wildman–Crippen MR) is 127 cm³/mol. The van der Waals surface area contributed by atoms with Gasteiger partial charge >= 0.3 is 5.95 Å². The molecule has 0 radical (unpaired) electrons. The number of fused-ring (bicyclic) bond motifs is 1. The van der Waals surface area contributed by atoms with Crippen LogP contribution in [0.2, 0.25) is 0 Å². The molecule has 0 atom stereocenters. The van der Waals surface area contributed by atoms with Gasteiger partial charge in [-0.2, -0.15) is 0 Å². The van der Waals surface area contributed by atoms with Gasteiger partial charge in [-0.1, -0.05) is 11.1 Å². The van der Waals surface area contributed by atoms with Gasteiger partial charge in [0.1, 0.15) is 0 Å². The number of pyridine rings is 1. The van der Waals surface area contributed by atoms with Crippen LogP contribution in [0.25, 0.3) is 11.2 Å². The van der Waals surface area contributed by atoms with Crippen molar-refractivity contribution < 1.29 is 13.4 Å². The fraction of sp³-hybridized carbons (Fsp3) is 0.238. The number of sulfonamides is 1. The van der Waals surface area contributed by atoms with Crippen molar-refractivity contribution in [1.29, 1.82) is 0 Å². The van der Waals surface area contributed by atoms with Crippen LogP contribution in [-0.2, 0) is 10.0 Å². The van der Waals surface area contributed by atoms with Crippen molar-refractivity contribution in [2.75, 3.05) is 52.3 Å². The zero-order valence-corrected chi connectivity index (χ0v) is 18.8. The molecular weight excluding hydrogens is 442 g/mol. The van der Waals surface area contributed by atoms with Crippen LogP contribution in [0.3, 0.4) is 0 Å². The van der Waals surface area contributed by atoms with Gasteiger partial charge in [-0.15, -0.1) is 0 Å². The molecule has 0 unspecified atom stereocenters. The van der Waals surface area contributed by atoms with Crippen molar-refractivity contribution >= 4 is 50.0 Å². The van der Waals surface area contributed by atoms with Crippen LogP contribution in [-0.4, -0.2) is 60.8 Å². The largest absolute Gasteiger partial charge is 0.366 e. The summed E-state index contributed by atoms with van der Waals surface area (Å²) in [5.74, 6) is 1.41. The van der Waals surface area contributed by atoms with Gasteiger partial charge in [-0.3, -0.25) is 15.0 Å². The minimum Gasteiger partial charge on any atom is -0.366 e. The maximum Gasteiger partial charge on any atom is 0.351 e. The van der Waals surface area contributed by atoms with Crippen molar-refractivity contribution in [3.05, 3.63) is 55.1 Å². The highest BCUT2D eigenvalue weighted by atomic mass is 32.2. The third kappa shape index (κ3) is 4.80. The number of aromatic nitrogens is 5. The maximum absolute atomic E-state index is 11.5. The van der Waals surface area contributed by atoms with Gasteiger partial charge in [0.25, 0.3) is 0 Å². The molecule has 1 fully saturated rings. The van der Waals surface area contributed by atoms with E-state index in [1.54, 1.807) is 24.5 Å². The monoisotopic (exact) mass is 466 g/mol. The Morgan fingerprint density at radius 3 is 2.52 bits per heavy atom. The maximum atomic E-state index is 11.5. The van der Waals surface area contributed by atoms with Crippen LogP contribution in [0.4, 0.5) is 28.8 Å². The van der Waals surface area contributed by atoms with E-state index in [0.29, 0.717) is 23.0 Å². The van der Waals surface area contributed by atoms with Crippen LogP contribution in [0.5, 0.6) is 0 Å². The molecule has 33 heavy (non-hydrogen) atoms. The Kier molecular flexibility index (Phi) is 5.42. The molecule has 4 N–H and O–H groups in total. The minimum absolute atomic E-state index is 0.468. The van der Waals surface area contributed by atoms with Gasteiger partial charge in [0.2, 0.25) is 21.5 Å². The summed E-state index contributed by atoms with van der Waals surface area (Å²) in [5, 5.41) is 3.23. The van der Waals surface area contributed by atoms with Crippen LogP contribution in [0, 0.1) is 0 Å². The van der Waals surface area contributed by atoms with E-state index < -0.39 is 10.0 Å². The highest BCUT2D eigenvalue weighted by Crippen LogP contribution is 2.24. The zero-order chi connectivity index (χ0) is 22.8. The summed E-state index contributed by atoms with van der Waals surface area (Å²) >= 11 is 0. The van der Waals surface area contributed by atoms with E-state index in [-0.39, 0.29) is 0 Å². The molecule has 3 aromatic heterocycles. The topological polar surface area (TPSA) is 133 Å². The summed E-state index contributed by atoms with van der Waals surface area (Å²) in [6, 6.07) is 11.0. The Morgan fingerprint density at radius 1 is 1.03 bits per heavy atom. The lowest BCUT2D eigenvalue weighted by molar-refractivity contribution is -0.349. The summed E-state index contributed by atoms with van der Waals surface area (Å²) in [4.78, 5) is 24.2. The van der Waals surface area contributed by atoms with Crippen molar-refractivity contribution in [2.45, 2.75) is 0 Å². The van der Waals surface area contributed by atoms with E-state index in [4.69, 9.17) is 0 Å². The zero-order valence-electron chi connectivity index (χ0n) is 18.0. The first-order valence-electron chi connectivity index (χ1n) is 10.5. The van der Waals surface area contributed by atoms with E-state index in [2.05, 4.69) is 44.8 Å². The van der Waals surface area contributed by atoms with Crippen LogP contribution in [0.15, 0.2) is 55.1 Å². The molecular formula is C21H24N9O2S+. The number of nitrogens with zero attached hydrogens (tertiary/aromatic N) is 5. The van der Waals surface area contributed by atoms with E-state index in [1.165, 1.54) is 5.69 Å². The average molecular weight is 467 g/mol. The summed E-state index contributed by atoms with van der Waals surface area (Å²) in [6.07, 6.45) is 6.37. The number of H-pyrrole nitrogens is 2. The van der Waals surface area contributed by atoms with Gasteiger partial charge in [0.15, 0.2) is 5.52 Å². The molecule has 0 bridgehead atoms. The molecule has 0 spiro atoms. The minimum atomic E-state index is -3.36. The Labute approximate surface area is 191 Å². The van der Waals surface area contributed by atoms with Crippen LogP contribution in [0.1, 0.15) is 0 Å². The number of benzene rings is 1. The Morgan fingerprint density at radius 2 is 1.76 bits per heavy atom. The number of nitrogens with one attached hydrogen (secondary N) is 4. The lowest BCUT2D eigenvalue weighted by atomic mass is 10.2. The number of imidazole rings is 1. The van der Waals surface area contributed by atoms with Crippen molar-refractivity contribution in [1.82, 2.24) is 19.9 Å². The molecule has 11 nitrogen and oxygen atoms in total. The van der Waals surface area contributed by atoms with Crippen molar-refractivity contribution in [3.8, 4) is 0 Å². The number of rotatable bonds is 6. The van der Waals surface area contributed by atoms with Gasteiger partial charge in [0, 0.05) is 31.2 Å². The van der Waals surface area contributed by atoms with Crippen LogP contribution < -0.4 is 24.8 Å². The van der Waals surface area contributed by atoms with Crippen molar-refractivity contribution in [2.24, 2.45) is 0 Å². The lowest BCUT2D eigenvalue weighted by Gasteiger charge is -2.34. The molecule has 4 heterocycles. The Bertz CT molecular complexity index is 1370. The molecule has 170 valence electrons. The second kappa shape index (κ2) is 8.54. The van der Waals surface area contributed by atoms with Gasteiger partial charge in [-0.25, -0.2) is 18.4 Å². The molecule has 0 aliphatic carbocycles. The summed E-state index contributed by atoms with van der Waals surface area (Å²) in [6.45, 7) is 3.39. The van der Waals surface area contributed by atoms with E-state index in [1.807, 2.05) is 30.6 Å². The molecule has 1 saturated heterocycles. The first-order chi connectivity index (χ1) is 15.9. The quantitative estimate of drug-likeness (QED) is 0.390. The third-order valence-electron chi connectivity index (χ3n) is 5.36. The fourth-order valence-corrected chi connectivity index (χ4v) is 4.46. The second-order valence-electron chi connectivity index (χ2n) is 7.79. The number of hydrogen-bond donors (Lipinski definition) is 3. The standard InChI is InChI=1S/C21H23N9O2S/c1-33(31,32)28-16-4-2-3-15(13-16)25-21-26-19-18(23-14-24-19)20(27-21)30-11-9-29(10-12-30)17-5-7-22-8-6-17/h2-8,13-14,28H,9-12H2,1H3,(H2,23,24,25,26,27)/p+1. The lowest BCUT2D eigenvalue weighted by Crippen LogP contribution is -2.48. The SMILES string of the molecule is CS(=O)(=O)Nc1cccc(Nc2nc3nc[nH]c3c(N3CCN(c4ccncc4)CC3)[nH+]2)c1. The van der Waals surface area contributed by atoms with E-state index in [0.717, 1.165) is 43.8 Å². The van der Waals surface area contributed by atoms with Crippen LogP contribution >= 0.6 is 0 Å². The van der Waals surface area contributed by atoms with Gasteiger partial charge in [0.05, 0.1) is 37.0 Å². The number of aromatic amines is 2. The highest BCUT2D eigenvalue weighted by Gasteiger charge is 2.26. The normalized spacial score (nSPS) is 14.5. The van der Waals surface area contributed by atoms with Gasteiger partial charge in [-0.05, 0) is 30.3 Å². The predicted octanol–water partition coefficient (Wildman–Crippen LogP) is 1.61. The average Bonchev–Trinajstić information content (AvgIpc) is 3.27. The number of piperazine rings is 1. The molecule has 12 heteroatoms. The summed E-state index contributed by atoms with van der Waals surface area (Å²) < 4.78 is 25.6. The fourth-order valence-electron chi connectivity index (χ4n) is 3.91. The first kappa shape index (κ1) is 20.9. The number of hydrogen-bond acceptors (Lipinski definition) is 8. The van der Waals surface area contributed by atoms with E-state index in [9.17, 15) is 8.42 Å². The van der Waals surface area contributed by atoms with Gasteiger partial charge < -0.3 is 14.8 Å². The highest BCUT2D eigenvalue weighted by molar-refractivity contribution is 7.92. The summed E-state index contributed by atoms with van der Waals surface area (Å²) in [5.41, 5.74) is 3.75. The first-order valence-corrected chi connectivity index (χ1v) is 12.3. The Balaban J connectivity index is 1.38. The summed E-state index contributed by atoms with van der Waals surface area (Å²) in [7, 11) is -3.36. The molecule has 1 aromatic carbocycles. The van der Waals surface area contributed by atoms with E-state index >= 15 is 0 Å². The second-order valence-corrected chi connectivity index (χ2v) is 9.54. The molecule has 5 rings (SSSR count). The molecule has 0 saturated carbocycles. The smallest absolute Gasteiger partial charge is 0.351 e. The molecule has 0 amide bonds.